The fourth-order valence-corrected chi connectivity index (χ4v) is 3.37. The molecule has 5 heteroatoms. The van der Waals surface area contributed by atoms with Crippen molar-refractivity contribution in [1.29, 1.82) is 0 Å². The summed E-state index contributed by atoms with van der Waals surface area (Å²) in [5.41, 5.74) is -0.266. The highest BCUT2D eigenvalue weighted by Crippen LogP contribution is 2.27. The molecule has 1 N–H and O–H groups in total. The van der Waals surface area contributed by atoms with E-state index >= 15 is 0 Å². The number of hydrogen-bond acceptors (Lipinski definition) is 5. The molecule has 0 saturated carbocycles. The predicted octanol–water partition coefficient (Wildman–Crippen LogP) is 1.80. The molecular weight excluding hydrogens is 262 g/mol. The lowest BCUT2D eigenvalue weighted by Gasteiger charge is -2.26. The maximum absolute atomic E-state index is 12.1. The van der Waals surface area contributed by atoms with Crippen molar-refractivity contribution < 1.29 is 9.84 Å². The van der Waals surface area contributed by atoms with E-state index in [4.69, 9.17) is 4.74 Å². The lowest BCUT2D eigenvalue weighted by atomic mass is 10.2. The standard InChI is InChI=1S/C14H15NO3S/c16-13-10-3-1-2-4-11(10)19-12(14(13)17)9-15-5-7-18-8-6-15/h1-4,17H,5-9H2. The minimum atomic E-state index is -0.266. The van der Waals surface area contributed by atoms with E-state index in [1.807, 2.05) is 18.2 Å². The van der Waals surface area contributed by atoms with Crippen molar-refractivity contribution >= 4 is 21.4 Å². The topological polar surface area (TPSA) is 49.8 Å². The zero-order valence-corrected chi connectivity index (χ0v) is 11.3. The van der Waals surface area contributed by atoms with Crippen molar-refractivity contribution in [2.24, 2.45) is 0 Å². The Kier molecular flexibility index (Phi) is 3.50. The quantitative estimate of drug-likeness (QED) is 0.909. The zero-order chi connectivity index (χ0) is 13.2. The molecule has 1 aliphatic rings. The maximum atomic E-state index is 12.1. The number of hydrogen-bond donors (Lipinski definition) is 1. The second-order valence-corrected chi connectivity index (χ2v) is 5.72. The smallest absolute Gasteiger partial charge is 0.229 e. The summed E-state index contributed by atoms with van der Waals surface area (Å²) in [5, 5.41) is 10.7. The monoisotopic (exact) mass is 277 g/mol. The van der Waals surface area contributed by atoms with Gasteiger partial charge in [0.25, 0.3) is 0 Å². The van der Waals surface area contributed by atoms with Gasteiger partial charge in [-0.1, -0.05) is 12.1 Å². The molecule has 1 aromatic heterocycles. The molecule has 0 amide bonds. The minimum absolute atomic E-state index is 0.102. The molecule has 0 radical (unpaired) electrons. The van der Waals surface area contributed by atoms with Gasteiger partial charge in [-0.05, 0) is 12.1 Å². The highest BCUT2D eigenvalue weighted by Gasteiger charge is 2.16. The molecule has 1 saturated heterocycles. The van der Waals surface area contributed by atoms with Crippen LogP contribution >= 0.6 is 11.3 Å². The molecule has 2 aromatic rings. The molecule has 19 heavy (non-hydrogen) atoms. The van der Waals surface area contributed by atoms with Crippen LogP contribution < -0.4 is 5.43 Å². The Morgan fingerprint density at radius 3 is 2.79 bits per heavy atom. The van der Waals surface area contributed by atoms with Crippen LogP contribution in [0.3, 0.4) is 0 Å². The summed E-state index contributed by atoms with van der Waals surface area (Å²) in [6.07, 6.45) is 0. The van der Waals surface area contributed by atoms with E-state index in [0.29, 0.717) is 25.1 Å². The Labute approximate surface area is 114 Å². The Balaban J connectivity index is 1.99. The lowest BCUT2D eigenvalue weighted by molar-refractivity contribution is 0.0343. The van der Waals surface area contributed by atoms with E-state index in [2.05, 4.69) is 4.90 Å². The van der Waals surface area contributed by atoms with E-state index in [1.165, 1.54) is 11.3 Å². The molecule has 2 heterocycles. The summed E-state index contributed by atoms with van der Waals surface area (Å²) in [6.45, 7) is 3.72. The van der Waals surface area contributed by atoms with Crippen LogP contribution in [0.25, 0.3) is 10.1 Å². The molecule has 3 rings (SSSR count). The summed E-state index contributed by atoms with van der Waals surface area (Å²) in [7, 11) is 0. The van der Waals surface area contributed by atoms with Crippen molar-refractivity contribution in [3.05, 3.63) is 39.4 Å². The molecule has 0 bridgehead atoms. The third-order valence-corrected chi connectivity index (χ3v) is 4.46. The van der Waals surface area contributed by atoms with Gasteiger partial charge in [-0.2, -0.15) is 0 Å². The summed E-state index contributed by atoms with van der Waals surface area (Å²) < 4.78 is 6.22. The SMILES string of the molecule is O=c1c(O)c(CN2CCOCC2)sc2ccccc12. The second-order valence-electron chi connectivity index (χ2n) is 4.59. The first-order valence-electron chi connectivity index (χ1n) is 6.29. The Bertz CT molecular complexity index is 647. The Hall–Kier alpha value is -1.43. The first kappa shape index (κ1) is 12.6. The fraction of sp³-hybridized carbons (Fsp3) is 0.357. The van der Waals surface area contributed by atoms with Gasteiger partial charge in [0.05, 0.1) is 18.1 Å². The van der Waals surface area contributed by atoms with Crippen LogP contribution in [0.5, 0.6) is 5.75 Å². The lowest BCUT2D eigenvalue weighted by Crippen LogP contribution is -2.35. The number of fused-ring (bicyclic) bond motifs is 1. The highest BCUT2D eigenvalue weighted by molar-refractivity contribution is 7.18. The van der Waals surface area contributed by atoms with E-state index in [9.17, 15) is 9.90 Å². The van der Waals surface area contributed by atoms with Gasteiger partial charge in [-0.25, -0.2) is 0 Å². The third kappa shape index (κ3) is 2.49. The fourth-order valence-electron chi connectivity index (χ4n) is 2.25. The van der Waals surface area contributed by atoms with Crippen molar-refractivity contribution in [2.45, 2.75) is 6.54 Å². The molecule has 1 aliphatic heterocycles. The molecule has 1 fully saturated rings. The summed E-state index contributed by atoms with van der Waals surface area (Å²) >= 11 is 1.49. The number of nitrogens with zero attached hydrogens (tertiary/aromatic N) is 1. The first-order chi connectivity index (χ1) is 9.25. The molecule has 0 spiro atoms. The van der Waals surface area contributed by atoms with Crippen molar-refractivity contribution in [3.63, 3.8) is 0 Å². The van der Waals surface area contributed by atoms with Crippen molar-refractivity contribution in [3.8, 4) is 5.75 Å². The molecule has 4 nitrogen and oxygen atoms in total. The van der Waals surface area contributed by atoms with Gasteiger partial charge < -0.3 is 9.84 Å². The van der Waals surface area contributed by atoms with Gasteiger partial charge in [0.2, 0.25) is 5.43 Å². The third-order valence-electron chi connectivity index (χ3n) is 3.31. The normalized spacial score (nSPS) is 16.8. The van der Waals surface area contributed by atoms with E-state index in [0.717, 1.165) is 22.7 Å². The van der Waals surface area contributed by atoms with Crippen LogP contribution in [0.2, 0.25) is 0 Å². The summed E-state index contributed by atoms with van der Waals surface area (Å²) in [6, 6.07) is 7.40. The van der Waals surface area contributed by atoms with Crippen LogP contribution in [-0.2, 0) is 11.3 Å². The number of benzene rings is 1. The summed E-state index contributed by atoms with van der Waals surface area (Å²) in [5.74, 6) is -0.102. The summed E-state index contributed by atoms with van der Waals surface area (Å²) in [4.78, 5) is 15.0. The Morgan fingerprint density at radius 2 is 2.00 bits per heavy atom. The van der Waals surface area contributed by atoms with Crippen molar-refractivity contribution in [1.82, 2.24) is 4.90 Å². The van der Waals surface area contributed by atoms with Crippen LogP contribution in [0.15, 0.2) is 29.1 Å². The van der Waals surface area contributed by atoms with E-state index in [-0.39, 0.29) is 11.2 Å². The largest absolute Gasteiger partial charge is 0.503 e. The van der Waals surface area contributed by atoms with Gasteiger partial charge in [0.15, 0.2) is 5.75 Å². The number of rotatable bonds is 2. The average molecular weight is 277 g/mol. The maximum Gasteiger partial charge on any atom is 0.229 e. The Morgan fingerprint density at radius 1 is 1.26 bits per heavy atom. The molecule has 0 unspecified atom stereocenters. The van der Waals surface area contributed by atoms with Crippen LogP contribution in [0.4, 0.5) is 0 Å². The molecule has 0 aliphatic carbocycles. The highest BCUT2D eigenvalue weighted by atomic mass is 32.1. The molecular formula is C14H15NO3S. The molecule has 100 valence electrons. The number of ether oxygens (including phenoxy) is 1. The predicted molar refractivity (Wildman–Crippen MR) is 75.9 cm³/mol. The van der Waals surface area contributed by atoms with E-state index < -0.39 is 0 Å². The van der Waals surface area contributed by atoms with E-state index in [1.54, 1.807) is 6.07 Å². The second kappa shape index (κ2) is 5.28. The van der Waals surface area contributed by atoms with Crippen LogP contribution in [0.1, 0.15) is 4.88 Å². The van der Waals surface area contributed by atoms with Gasteiger partial charge in [-0.15, -0.1) is 11.3 Å². The molecule has 0 atom stereocenters. The molecule has 1 aromatic carbocycles. The first-order valence-corrected chi connectivity index (χ1v) is 7.11. The van der Waals surface area contributed by atoms with Crippen molar-refractivity contribution in [2.75, 3.05) is 26.3 Å². The zero-order valence-electron chi connectivity index (χ0n) is 10.5. The van der Waals surface area contributed by atoms with Gasteiger partial charge in [0, 0.05) is 29.7 Å². The van der Waals surface area contributed by atoms with Crippen LogP contribution in [-0.4, -0.2) is 36.3 Å². The average Bonchev–Trinajstić information content (AvgIpc) is 2.46. The van der Waals surface area contributed by atoms with Gasteiger partial charge >= 0.3 is 0 Å². The number of morpholine rings is 1. The number of aromatic hydroxyl groups is 1. The van der Waals surface area contributed by atoms with Gasteiger partial charge in [0.1, 0.15) is 0 Å². The minimum Gasteiger partial charge on any atom is -0.503 e. The van der Waals surface area contributed by atoms with Crippen LogP contribution in [0, 0.1) is 0 Å². The van der Waals surface area contributed by atoms with Gasteiger partial charge in [-0.3, -0.25) is 9.69 Å².